The average molecular weight is 341 g/mol. The third-order valence-corrected chi connectivity index (χ3v) is 4.40. The van der Waals surface area contributed by atoms with Gasteiger partial charge in [-0.15, -0.1) is 0 Å². The minimum Gasteiger partial charge on any atom is -0.379 e. The van der Waals surface area contributed by atoms with Gasteiger partial charge in [0, 0.05) is 38.9 Å². The summed E-state index contributed by atoms with van der Waals surface area (Å²) in [4.78, 5) is 26.5. The van der Waals surface area contributed by atoms with E-state index in [1.54, 1.807) is 19.3 Å². The number of carbonyl (C=O) groups is 1. The molecule has 1 aromatic carbocycles. The molecule has 1 saturated heterocycles. The topological polar surface area (TPSA) is 63.6 Å². The standard InChI is InChI=1S/C19H23N3O3/c1-21-13-16(7-8-18(21)23)19(24)20-17(15-5-3-2-4-6-15)14-22-9-11-25-12-10-22/h2-8,13,17H,9-12,14H2,1H3,(H,20,24). The summed E-state index contributed by atoms with van der Waals surface area (Å²) in [6, 6.07) is 12.8. The predicted molar refractivity (Wildman–Crippen MR) is 95.6 cm³/mol. The highest BCUT2D eigenvalue weighted by Crippen LogP contribution is 2.16. The Hall–Kier alpha value is -2.44. The van der Waals surface area contributed by atoms with Crippen LogP contribution in [0.3, 0.4) is 0 Å². The van der Waals surface area contributed by atoms with Crippen LogP contribution in [0.5, 0.6) is 0 Å². The Bertz CT molecular complexity index is 767. The molecule has 132 valence electrons. The average Bonchev–Trinajstić information content (AvgIpc) is 2.65. The Balaban J connectivity index is 1.77. The van der Waals surface area contributed by atoms with Gasteiger partial charge in [-0.1, -0.05) is 30.3 Å². The number of amides is 1. The molecule has 6 nitrogen and oxygen atoms in total. The van der Waals surface area contributed by atoms with Crippen molar-refractivity contribution in [3.8, 4) is 0 Å². The molecule has 3 rings (SSSR count). The van der Waals surface area contributed by atoms with Gasteiger partial charge < -0.3 is 14.6 Å². The molecule has 25 heavy (non-hydrogen) atoms. The van der Waals surface area contributed by atoms with E-state index in [9.17, 15) is 9.59 Å². The van der Waals surface area contributed by atoms with E-state index in [1.165, 1.54) is 10.6 Å². The Labute approximate surface area is 147 Å². The second kappa shape index (κ2) is 8.09. The van der Waals surface area contributed by atoms with Crippen LogP contribution in [0.2, 0.25) is 0 Å². The van der Waals surface area contributed by atoms with Crippen molar-refractivity contribution in [2.45, 2.75) is 6.04 Å². The first-order chi connectivity index (χ1) is 12.1. The van der Waals surface area contributed by atoms with E-state index in [2.05, 4.69) is 10.2 Å². The van der Waals surface area contributed by atoms with Crippen LogP contribution >= 0.6 is 0 Å². The SMILES string of the molecule is Cn1cc(C(=O)NC(CN2CCOCC2)c2ccccc2)ccc1=O. The lowest BCUT2D eigenvalue weighted by atomic mass is 10.1. The fourth-order valence-electron chi connectivity index (χ4n) is 2.93. The summed E-state index contributed by atoms with van der Waals surface area (Å²) in [5.74, 6) is -0.183. The van der Waals surface area contributed by atoms with Gasteiger partial charge in [-0.3, -0.25) is 14.5 Å². The number of hydrogen-bond acceptors (Lipinski definition) is 4. The Kier molecular flexibility index (Phi) is 5.63. The number of aromatic nitrogens is 1. The molecule has 2 aromatic rings. The van der Waals surface area contributed by atoms with Crippen LogP contribution in [-0.2, 0) is 11.8 Å². The summed E-state index contributed by atoms with van der Waals surface area (Å²) in [6.45, 7) is 3.88. The first-order valence-corrected chi connectivity index (χ1v) is 8.46. The molecule has 1 fully saturated rings. The Morgan fingerprint density at radius 1 is 1.16 bits per heavy atom. The Morgan fingerprint density at radius 3 is 2.56 bits per heavy atom. The van der Waals surface area contributed by atoms with Gasteiger partial charge in [0.15, 0.2) is 0 Å². The quantitative estimate of drug-likeness (QED) is 0.887. The van der Waals surface area contributed by atoms with Crippen molar-refractivity contribution in [3.05, 3.63) is 70.1 Å². The van der Waals surface area contributed by atoms with Crippen molar-refractivity contribution >= 4 is 5.91 Å². The summed E-state index contributed by atoms with van der Waals surface area (Å²) in [7, 11) is 1.64. The van der Waals surface area contributed by atoms with Gasteiger partial charge in [0.2, 0.25) is 5.56 Å². The highest BCUT2D eigenvalue weighted by Gasteiger charge is 2.20. The van der Waals surface area contributed by atoms with Crippen LogP contribution in [0.15, 0.2) is 53.5 Å². The van der Waals surface area contributed by atoms with E-state index >= 15 is 0 Å². The molecular weight excluding hydrogens is 318 g/mol. The van der Waals surface area contributed by atoms with Crippen LogP contribution in [0.4, 0.5) is 0 Å². The van der Waals surface area contributed by atoms with E-state index in [-0.39, 0.29) is 17.5 Å². The predicted octanol–water partition coefficient (Wildman–Crippen LogP) is 1.19. The fourth-order valence-corrected chi connectivity index (χ4v) is 2.93. The number of nitrogens with zero attached hydrogens (tertiary/aromatic N) is 2. The molecule has 1 aromatic heterocycles. The van der Waals surface area contributed by atoms with Crippen molar-refractivity contribution in [2.24, 2.45) is 7.05 Å². The fraction of sp³-hybridized carbons (Fsp3) is 0.368. The van der Waals surface area contributed by atoms with Crippen LogP contribution in [0.1, 0.15) is 22.0 Å². The minimum atomic E-state index is -0.183. The molecule has 1 aliphatic rings. The molecule has 1 atom stereocenters. The summed E-state index contributed by atoms with van der Waals surface area (Å²) >= 11 is 0. The lowest BCUT2D eigenvalue weighted by Crippen LogP contribution is -2.43. The number of pyridine rings is 1. The van der Waals surface area contributed by atoms with Gasteiger partial charge in [-0.2, -0.15) is 0 Å². The number of hydrogen-bond donors (Lipinski definition) is 1. The number of rotatable bonds is 5. The number of benzene rings is 1. The molecular formula is C19H23N3O3. The monoisotopic (exact) mass is 341 g/mol. The van der Waals surface area contributed by atoms with E-state index < -0.39 is 0 Å². The Morgan fingerprint density at radius 2 is 1.88 bits per heavy atom. The van der Waals surface area contributed by atoms with Gasteiger partial charge in [0.1, 0.15) is 0 Å². The van der Waals surface area contributed by atoms with E-state index in [4.69, 9.17) is 4.74 Å². The highest BCUT2D eigenvalue weighted by molar-refractivity contribution is 5.94. The third kappa shape index (κ3) is 4.55. The molecule has 1 N–H and O–H groups in total. The van der Waals surface area contributed by atoms with Crippen molar-refractivity contribution in [1.82, 2.24) is 14.8 Å². The van der Waals surface area contributed by atoms with Crippen LogP contribution in [0.25, 0.3) is 0 Å². The number of morpholine rings is 1. The highest BCUT2D eigenvalue weighted by atomic mass is 16.5. The maximum atomic E-state index is 12.7. The van der Waals surface area contributed by atoms with E-state index in [0.29, 0.717) is 5.56 Å². The minimum absolute atomic E-state index is 0.121. The first-order valence-electron chi connectivity index (χ1n) is 8.46. The molecule has 1 amide bonds. The molecule has 0 bridgehead atoms. The number of carbonyl (C=O) groups excluding carboxylic acids is 1. The lowest BCUT2D eigenvalue weighted by molar-refractivity contribution is 0.0332. The van der Waals surface area contributed by atoms with Gasteiger partial charge in [-0.05, 0) is 11.6 Å². The zero-order chi connectivity index (χ0) is 17.6. The second-order valence-corrected chi connectivity index (χ2v) is 6.22. The van der Waals surface area contributed by atoms with Crippen LogP contribution < -0.4 is 10.9 Å². The molecule has 1 aliphatic heterocycles. The van der Waals surface area contributed by atoms with Crippen molar-refractivity contribution in [2.75, 3.05) is 32.8 Å². The third-order valence-electron chi connectivity index (χ3n) is 4.40. The van der Waals surface area contributed by atoms with Crippen LogP contribution in [0, 0.1) is 0 Å². The maximum Gasteiger partial charge on any atom is 0.253 e. The van der Waals surface area contributed by atoms with Gasteiger partial charge in [0.05, 0.1) is 24.8 Å². The largest absolute Gasteiger partial charge is 0.379 e. The summed E-state index contributed by atoms with van der Waals surface area (Å²) in [5.41, 5.74) is 1.40. The van der Waals surface area contributed by atoms with Crippen LogP contribution in [-0.4, -0.2) is 48.2 Å². The number of nitrogens with one attached hydrogen (secondary N) is 1. The van der Waals surface area contributed by atoms with E-state index in [0.717, 1.165) is 38.4 Å². The molecule has 0 radical (unpaired) electrons. The lowest BCUT2D eigenvalue weighted by Gasteiger charge is -2.31. The normalized spacial score (nSPS) is 16.4. The summed E-state index contributed by atoms with van der Waals surface area (Å²) < 4.78 is 6.81. The second-order valence-electron chi connectivity index (χ2n) is 6.22. The zero-order valence-corrected chi connectivity index (χ0v) is 14.4. The molecule has 1 unspecified atom stereocenters. The molecule has 0 saturated carbocycles. The molecule has 6 heteroatoms. The van der Waals surface area contributed by atoms with Crippen molar-refractivity contribution in [3.63, 3.8) is 0 Å². The molecule has 0 spiro atoms. The number of ether oxygens (including phenoxy) is 1. The van der Waals surface area contributed by atoms with Gasteiger partial charge >= 0.3 is 0 Å². The summed E-state index contributed by atoms with van der Waals surface area (Å²) in [6.07, 6.45) is 1.56. The van der Waals surface area contributed by atoms with Gasteiger partial charge in [-0.25, -0.2) is 0 Å². The van der Waals surface area contributed by atoms with Gasteiger partial charge in [0.25, 0.3) is 5.91 Å². The first kappa shape index (κ1) is 17.4. The molecule has 2 heterocycles. The van der Waals surface area contributed by atoms with Crippen molar-refractivity contribution < 1.29 is 9.53 Å². The van der Waals surface area contributed by atoms with E-state index in [1.807, 2.05) is 30.3 Å². The van der Waals surface area contributed by atoms with Crippen molar-refractivity contribution in [1.29, 1.82) is 0 Å². The smallest absolute Gasteiger partial charge is 0.253 e. The maximum absolute atomic E-state index is 12.7. The summed E-state index contributed by atoms with van der Waals surface area (Å²) in [5, 5.41) is 3.11. The number of aryl methyl sites for hydroxylation is 1. The molecule has 0 aliphatic carbocycles. The zero-order valence-electron chi connectivity index (χ0n) is 14.4.